The summed E-state index contributed by atoms with van der Waals surface area (Å²) >= 11 is 0. The van der Waals surface area contributed by atoms with Gasteiger partial charge in [-0.05, 0) is 85.3 Å². The molecule has 10 heteroatoms. The Morgan fingerprint density at radius 3 is 1.14 bits per heavy atom. The van der Waals surface area contributed by atoms with Gasteiger partial charge in [-0.25, -0.2) is 9.59 Å². The summed E-state index contributed by atoms with van der Waals surface area (Å²) in [4.78, 5) is 54.6. The molecule has 2 saturated carbocycles. The average Bonchev–Trinajstić information content (AvgIpc) is 3.54. The first-order chi connectivity index (χ1) is 24.2. The molecule has 0 heterocycles. The number of benzene rings is 3. The van der Waals surface area contributed by atoms with Crippen molar-refractivity contribution >= 4 is 46.6 Å². The molecule has 0 unspecified atom stereocenters. The van der Waals surface area contributed by atoms with Crippen molar-refractivity contribution in [3.8, 4) is 0 Å². The van der Waals surface area contributed by atoms with Crippen LogP contribution in [0, 0.1) is 0 Å². The van der Waals surface area contributed by atoms with Crippen molar-refractivity contribution in [2.45, 2.75) is 116 Å². The van der Waals surface area contributed by atoms with Gasteiger partial charge in [0.1, 0.15) is 0 Å². The van der Waals surface area contributed by atoms with E-state index in [0.717, 1.165) is 62.5 Å². The van der Waals surface area contributed by atoms with Crippen LogP contribution in [0.1, 0.15) is 102 Å². The largest absolute Gasteiger partial charge is 0.326 e. The molecule has 0 radical (unpaired) electrons. The molecule has 0 spiro atoms. The molecule has 3 aromatic carbocycles. The minimum atomic E-state index is -0.143. The Labute approximate surface area is 296 Å². The van der Waals surface area contributed by atoms with Crippen molar-refractivity contribution in [1.29, 1.82) is 0 Å². The zero-order valence-electron chi connectivity index (χ0n) is 29.5. The lowest BCUT2D eigenvalue weighted by Crippen LogP contribution is -2.42. The van der Waals surface area contributed by atoms with E-state index < -0.39 is 0 Å². The van der Waals surface area contributed by atoms with Crippen LogP contribution in [0.5, 0.6) is 0 Å². The highest BCUT2D eigenvalue weighted by atomic mass is 16.2. The van der Waals surface area contributed by atoms with E-state index in [9.17, 15) is 19.2 Å². The van der Waals surface area contributed by atoms with Crippen molar-refractivity contribution in [1.82, 2.24) is 9.80 Å². The van der Waals surface area contributed by atoms with E-state index in [1.165, 1.54) is 39.5 Å². The first-order valence-electron chi connectivity index (χ1n) is 18.2. The molecular weight excluding hydrogens is 628 g/mol. The number of nitrogens with zero attached hydrogens (tertiary/aromatic N) is 2. The smallest absolute Gasteiger partial charge is 0.322 e. The first-order valence-corrected chi connectivity index (χ1v) is 18.2. The van der Waals surface area contributed by atoms with Gasteiger partial charge in [0.2, 0.25) is 11.8 Å². The van der Waals surface area contributed by atoms with Gasteiger partial charge in [0.15, 0.2) is 0 Å². The van der Waals surface area contributed by atoms with E-state index in [1.54, 1.807) is 48.5 Å². The Hall–Kier alpha value is -4.86. The number of carbonyl (C=O) groups is 4. The van der Waals surface area contributed by atoms with Crippen LogP contribution in [0.3, 0.4) is 0 Å². The van der Waals surface area contributed by atoms with Gasteiger partial charge >= 0.3 is 12.1 Å². The maximum Gasteiger partial charge on any atom is 0.322 e. The third kappa shape index (κ3) is 11.1. The number of rotatable bonds is 10. The van der Waals surface area contributed by atoms with Crippen LogP contribution in [0.2, 0.25) is 0 Å². The summed E-state index contributed by atoms with van der Waals surface area (Å²) in [5.41, 5.74) is 4.76. The van der Waals surface area contributed by atoms with E-state index in [-0.39, 0.29) is 36.0 Å². The molecule has 0 aliphatic heterocycles. The fourth-order valence-electron chi connectivity index (χ4n) is 7.16. The summed E-state index contributed by atoms with van der Waals surface area (Å²) in [6, 6.07) is 22.6. The summed E-state index contributed by atoms with van der Waals surface area (Å²) in [6.07, 6.45) is 13.0. The lowest BCUT2D eigenvalue weighted by Gasteiger charge is -2.33. The molecular formula is C40H52N6O4. The molecule has 0 atom stereocenters. The first kappa shape index (κ1) is 36.4. The van der Waals surface area contributed by atoms with Crippen LogP contribution in [-0.2, 0) is 22.7 Å². The second kappa shape index (κ2) is 18.2. The van der Waals surface area contributed by atoms with Gasteiger partial charge in [0.05, 0.1) is 0 Å². The third-order valence-electron chi connectivity index (χ3n) is 9.66. The number of nitrogens with one attached hydrogen (secondary N) is 4. The van der Waals surface area contributed by atoms with Crippen LogP contribution in [0.25, 0.3) is 0 Å². The van der Waals surface area contributed by atoms with Gasteiger partial charge in [-0.15, -0.1) is 0 Å². The Morgan fingerprint density at radius 1 is 0.500 bits per heavy atom. The summed E-state index contributed by atoms with van der Waals surface area (Å²) in [7, 11) is 0. The molecule has 0 saturated heterocycles. The zero-order chi connectivity index (χ0) is 35.3. The van der Waals surface area contributed by atoms with E-state index in [1.807, 2.05) is 15.9 Å². The molecule has 50 heavy (non-hydrogen) atoms. The van der Waals surface area contributed by atoms with Gasteiger partial charge in [-0.2, -0.15) is 0 Å². The van der Waals surface area contributed by atoms with Crippen LogP contribution >= 0.6 is 0 Å². The van der Waals surface area contributed by atoms with Crippen molar-refractivity contribution < 1.29 is 19.2 Å². The molecule has 0 aromatic heterocycles. The standard InChI is InChI=1S/C40H52N6O4/c1-29(47)41-33-18-22-35(23-19-33)43-39(49)45(37-14-7-3-4-8-15-37)27-31-12-11-13-32(26-31)28-46(38-16-9-5-6-10-17-38)40(50)44-36-24-20-34(21-25-36)42-30(2)48/h11-13,18-26,37-38H,3-10,14-17,27-28H2,1-2H3,(H,41,47)(H,42,48)(H,43,49)(H,44,50). The number of anilines is 4. The van der Waals surface area contributed by atoms with E-state index in [2.05, 4.69) is 39.5 Å². The van der Waals surface area contributed by atoms with Crippen molar-refractivity contribution in [3.63, 3.8) is 0 Å². The van der Waals surface area contributed by atoms with E-state index >= 15 is 0 Å². The van der Waals surface area contributed by atoms with Crippen molar-refractivity contribution in [2.24, 2.45) is 0 Å². The second-order valence-corrected chi connectivity index (χ2v) is 13.7. The number of amides is 6. The van der Waals surface area contributed by atoms with Crippen LogP contribution < -0.4 is 21.3 Å². The van der Waals surface area contributed by atoms with Crippen LogP contribution in [0.4, 0.5) is 32.3 Å². The lowest BCUT2D eigenvalue weighted by atomic mass is 10.0. The minimum Gasteiger partial charge on any atom is -0.326 e. The molecule has 3 aromatic rings. The average molecular weight is 681 g/mol. The fourth-order valence-corrected chi connectivity index (χ4v) is 7.16. The third-order valence-corrected chi connectivity index (χ3v) is 9.66. The molecule has 4 N–H and O–H groups in total. The molecule has 10 nitrogen and oxygen atoms in total. The van der Waals surface area contributed by atoms with Gasteiger partial charge in [0, 0.05) is 61.8 Å². The molecule has 6 amide bonds. The topological polar surface area (TPSA) is 123 Å². The second-order valence-electron chi connectivity index (χ2n) is 13.7. The van der Waals surface area contributed by atoms with Crippen LogP contribution in [-0.4, -0.2) is 45.8 Å². The maximum atomic E-state index is 13.9. The Bertz CT molecular complexity index is 1460. The van der Waals surface area contributed by atoms with Crippen molar-refractivity contribution in [2.75, 3.05) is 21.3 Å². The summed E-state index contributed by atoms with van der Waals surface area (Å²) < 4.78 is 0. The maximum absolute atomic E-state index is 13.9. The Kier molecular flexibility index (Phi) is 13.3. The molecule has 2 aliphatic rings. The highest BCUT2D eigenvalue weighted by Gasteiger charge is 2.27. The summed E-state index contributed by atoms with van der Waals surface area (Å²) in [5, 5.41) is 11.7. The molecule has 2 aliphatic carbocycles. The minimum absolute atomic E-state index is 0.130. The number of hydrogen-bond donors (Lipinski definition) is 4. The monoisotopic (exact) mass is 680 g/mol. The van der Waals surface area contributed by atoms with Crippen LogP contribution in [0.15, 0.2) is 72.8 Å². The SMILES string of the molecule is CC(=O)Nc1ccc(NC(=O)N(Cc2cccc(CN(C(=O)Nc3ccc(NC(C)=O)cc3)C3CCCCCC3)c2)C2CCCCCC2)cc1. The molecule has 266 valence electrons. The van der Waals surface area contributed by atoms with Gasteiger partial charge in [-0.1, -0.05) is 75.6 Å². The number of carbonyl (C=O) groups excluding carboxylic acids is 4. The normalized spacial score (nSPS) is 15.6. The highest BCUT2D eigenvalue weighted by Crippen LogP contribution is 2.28. The summed E-state index contributed by atoms with van der Waals surface area (Å²) in [5.74, 6) is -0.285. The van der Waals surface area contributed by atoms with Gasteiger partial charge in [0.25, 0.3) is 0 Å². The fraction of sp³-hybridized carbons (Fsp3) is 0.450. The predicted molar refractivity (Wildman–Crippen MR) is 200 cm³/mol. The molecule has 5 rings (SSSR count). The Morgan fingerprint density at radius 2 is 0.820 bits per heavy atom. The molecule has 2 fully saturated rings. The van der Waals surface area contributed by atoms with Gasteiger partial charge in [-0.3, -0.25) is 9.59 Å². The number of hydrogen-bond acceptors (Lipinski definition) is 4. The van der Waals surface area contributed by atoms with E-state index in [4.69, 9.17) is 0 Å². The highest BCUT2D eigenvalue weighted by molar-refractivity contribution is 5.92. The molecule has 0 bridgehead atoms. The van der Waals surface area contributed by atoms with Gasteiger partial charge < -0.3 is 31.1 Å². The van der Waals surface area contributed by atoms with Crippen molar-refractivity contribution in [3.05, 3.63) is 83.9 Å². The zero-order valence-corrected chi connectivity index (χ0v) is 29.5. The lowest BCUT2D eigenvalue weighted by molar-refractivity contribution is -0.115. The number of urea groups is 2. The predicted octanol–water partition coefficient (Wildman–Crippen LogP) is 9.12. The Balaban J connectivity index is 1.33. The summed E-state index contributed by atoms with van der Waals surface area (Å²) in [6.45, 7) is 3.86. The quantitative estimate of drug-likeness (QED) is 0.160. The van der Waals surface area contributed by atoms with E-state index in [0.29, 0.717) is 35.8 Å².